The molecule has 0 fully saturated rings. The molecule has 0 saturated carbocycles. The van der Waals surface area contributed by atoms with Gasteiger partial charge in [0, 0.05) is 24.7 Å². The number of hydrogen-bond donors (Lipinski definition) is 2. The summed E-state index contributed by atoms with van der Waals surface area (Å²) in [5.74, 6) is 1.83. The van der Waals surface area contributed by atoms with Crippen LogP contribution in [-0.4, -0.2) is 46.3 Å². The number of benzene rings is 1. The molecule has 0 bridgehead atoms. The summed E-state index contributed by atoms with van der Waals surface area (Å²) in [6.45, 7) is 3.61. The number of methoxy groups -OCH3 is 3. The lowest BCUT2D eigenvalue weighted by Crippen LogP contribution is -2.38. The third kappa shape index (κ3) is 7.71. The van der Waals surface area contributed by atoms with E-state index in [2.05, 4.69) is 20.4 Å². The number of aliphatic imine (C=N–C) groups is 1. The van der Waals surface area contributed by atoms with Crippen LogP contribution in [0.25, 0.3) is 0 Å². The van der Waals surface area contributed by atoms with Gasteiger partial charge in [-0.15, -0.1) is 24.0 Å². The third-order valence-electron chi connectivity index (χ3n) is 3.10. The first kappa shape index (κ1) is 22.3. The Morgan fingerprint density at radius 3 is 2.50 bits per heavy atom. The first-order valence-corrected chi connectivity index (χ1v) is 7.44. The van der Waals surface area contributed by atoms with Crippen LogP contribution in [0, 0.1) is 0 Å². The van der Waals surface area contributed by atoms with E-state index < -0.39 is 0 Å². The SMILES string of the molecule is CCNC(=NCc1ccc(OC)cc1OC)NCCC(=O)OC.I. The Balaban J connectivity index is 0.00000529. The molecular formula is C16H26IN3O4. The zero-order valence-corrected chi connectivity index (χ0v) is 16.9. The smallest absolute Gasteiger partial charge is 0.307 e. The van der Waals surface area contributed by atoms with Crippen LogP contribution in [0.2, 0.25) is 0 Å². The Morgan fingerprint density at radius 1 is 1.17 bits per heavy atom. The third-order valence-corrected chi connectivity index (χ3v) is 3.10. The van der Waals surface area contributed by atoms with Crippen LogP contribution in [0.1, 0.15) is 18.9 Å². The molecule has 0 radical (unpaired) electrons. The van der Waals surface area contributed by atoms with E-state index in [-0.39, 0.29) is 36.4 Å². The van der Waals surface area contributed by atoms with Gasteiger partial charge < -0.3 is 24.8 Å². The summed E-state index contributed by atoms with van der Waals surface area (Å²) in [7, 11) is 4.60. The van der Waals surface area contributed by atoms with Crippen molar-refractivity contribution in [2.24, 2.45) is 4.99 Å². The highest BCUT2D eigenvalue weighted by Gasteiger charge is 2.06. The predicted molar refractivity (Wildman–Crippen MR) is 104 cm³/mol. The Kier molecular flexibility index (Phi) is 11.8. The Morgan fingerprint density at radius 2 is 1.92 bits per heavy atom. The van der Waals surface area contributed by atoms with E-state index in [1.165, 1.54) is 7.11 Å². The fourth-order valence-electron chi connectivity index (χ4n) is 1.87. The standard InChI is InChI=1S/C16H25N3O4.HI/c1-5-17-16(18-9-8-15(20)23-4)19-11-12-6-7-13(21-2)10-14(12)22-3;/h6-7,10H,5,8-9,11H2,1-4H3,(H2,17,18,19);1H. The highest BCUT2D eigenvalue weighted by molar-refractivity contribution is 14.0. The molecule has 136 valence electrons. The molecule has 0 aromatic heterocycles. The van der Waals surface area contributed by atoms with Crippen molar-refractivity contribution in [2.45, 2.75) is 19.9 Å². The van der Waals surface area contributed by atoms with Crippen LogP contribution in [0.5, 0.6) is 11.5 Å². The van der Waals surface area contributed by atoms with Crippen molar-refractivity contribution in [2.75, 3.05) is 34.4 Å². The van der Waals surface area contributed by atoms with Gasteiger partial charge in [0.25, 0.3) is 0 Å². The second-order valence-corrected chi connectivity index (χ2v) is 4.63. The van der Waals surface area contributed by atoms with Gasteiger partial charge >= 0.3 is 5.97 Å². The number of nitrogens with zero attached hydrogens (tertiary/aromatic N) is 1. The molecule has 0 atom stereocenters. The Hall–Kier alpha value is -1.71. The van der Waals surface area contributed by atoms with Gasteiger partial charge in [-0.2, -0.15) is 0 Å². The Labute approximate surface area is 160 Å². The first-order valence-electron chi connectivity index (χ1n) is 7.44. The van der Waals surface area contributed by atoms with E-state index >= 15 is 0 Å². The topological polar surface area (TPSA) is 81.2 Å². The normalized spacial score (nSPS) is 10.4. The summed E-state index contributed by atoms with van der Waals surface area (Å²) in [5.41, 5.74) is 0.943. The fourth-order valence-corrected chi connectivity index (χ4v) is 1.87. The van der Waals surface area contributed by atoms with Gasteiger partial charge in [0.05, 0.1) is 34.3 Å². The molecule has 7 nitrogen and oxygen atoms in total. The maximum atomic E-state index is 11.1. The monoisotopic (exact) mass is 451 g/mol. The zero-order valence-electron chi connectivity index (χ0n) is 14.5. The highest BCUT2D eigenvalue weighted by Crippen LogP contribution is 2.25. The number of ether oxygens (including phenoxy) is 3. The van der Waals surface area contributed by atoms with Crippen molar-refractivity contribution >= 4 is 35.9 Å². The lowest BCUT2D eigenvalue weighted by atomic mass is 10.2. The minimum Gasteiger partial charge on any atom is -0.497 e. The van der Waals surface area contributed by atoms with Gasteiger partial charge in [0.1, 0.15) is 11.5 Å². The second-order valence-electron chi connectivity index (χ2n) is 4.63. The molecule has 0 saturated heterocycles. The number of nitrogens with one attached hydrogen (secondary N) is 2. The first-order chi connectivity index (χ1) is 11.1. The number of hydrogen-bond acceptors (Lipinski definition) is 5. The van der Waals surface area contributed by atoms with Crippen LogP contribution in [0.3, 0.4) is 0 Å². The van der Waals surface area contributed by atoms with Crippen molar-refractivity contribution in [3.05, 3.63) is 23.8 Å². The van der Waals surface area contributed by atoms with Crippen LogP contribution < -0.4 is 20.1 Å². The summed E-state index contributed by atoms with van der Waals surface area (Å²) in [6.07, 6.45) is 0.284. The molecule has 2 N–H and O–H groups in total. The molecule has 1 aromatic carbocycles. The number of carbonyl (C=O) groups is 1. The van der Waals surface area contributed by atoms with E-state index in [0.29, 0.717) is 19.0 Å². The number of carbonyl (C=O) groups excluding carboxylic acids is 1. The highest BCUT2D eigenvalue weighted by atomic mass is 127. The molecular weight excluding hydrogens is 425 g/mol. The fraction of sp³-hybridized carbons (Fsp3) is 0.500. The Bertz CT molecular complexity index is 538. The second kappa shape index (κ2) is 12.7. The number of esters is 1. The van der Waals surface area contributed by atoms with Gasteiger partial charge in [-0.1, -0.05) is 0 Å². The van der Waals surface area contributed by atoms with Crippen molar-refractivity contribution in [3.63, 3.8) is 0 Å². The van der Waals surface area contributed by atoms with E-state index in [9.17, 15) is 4.79 Å². The van der Waals surface area contributed by atoms with E-state index in [0.717, 1.165) is 23.6 Å². The number of guanidine groups is 1. The summed E-state index contributed by atoms with van der Waals surface area (Å²) >= 11 is 0. The molecule has 0 unspecified atom stereocenters. The maximum absolute atomic E-state index is 11.1. The van der Waals surface area contributed by atoms with Crippen LogP contribution in [-0.2, 0) is 16.1 Å². The van der Waals surface area contributed by atoms with Crippen LogP contribution in [0.4, 0.5) is 0 Å². The largest absolute Gasteiger partial charge is 0.497 e. The molecule has 0 aliphatic rings. The summed E-state index contributed by atoms with van der Waals surface area (Å²) in [6, 6.07) is 5.60. The van der Waals surface area contributed by atoms with Crippen molar-refractivity contribution in [1.29, 1.82) is 0 Å². The van der Waals surface area contributed by atoms with Crippen LogP contribution >= 0.6 is 24.0 Å². The van der Waals surface area contributed by atoms with Gasteiger partial charge in [-0.05, 0) is 19.1 Å². The summed E-state index contributed by atoms with van der Waals surface area (Å²) in [4.78, 5) is 15.6. The molecule has 0 spiro atoms. The molecule has 8 heteroatoms. The number of rotatable bonds is 8. The molecule has 24 heavy (non-hydrogen) atoms. The quantitative estimate of drug-likeness (QED) is 0.272. The number of halogens is 1. The van der Waals surface area contributed by atoms with Gasteiger partial charge in [-0.25, -0.2) is 4.99 Å². The van der Waals surface area contributed by atoms with E-state index in [4.69, 9.17) is 9.47 Å². The summed E-state index contributed by atoms with van der Waals surface area (Å²) < 4.78 is 15.1. The average molecular weight is 451 g/mol. The molecule has 0 aliphatic carbocycles. The van der Waals surface area contributed by atoms with Gasteiger partial charge in [-0.3, -0.25) is 4.79 Å². The zero-order chi connectivity index (χ0) is 17.1. The minimum absolute atomic E-state index is 0. The summed E-state index contributed by atoms with van der Waals surface area (Å²) in [5, 5.41) is 6.21. The lowest BCUT2D eigenvalue weighted by Gasteiger charge is -2.12. The van der Waals surface area contributed by atoms with Crippen molar-refractivity contribution in [3.8, 4) is 11.5 Å². The lowest BCUT2D eigenvalue weighted by molar-refractivity contribution is -0.140. The minimum atomic E-state index is -0.259. The molecule has 0 heterocycles. The van der Waals surface area contributed by atoms with Crippen molar-refractivity contribution in [1.82, 2.24) is 10.6 Å². The molecule has 0 amide bonds. The molecule has 0 aliphatic heterocycles. The van der Waals surface area contributed by atoms with E-state index in [1.54, 1.807) is 14.2 Å². The molecule has 1 aromatic rings. The predicted octanol–water partition coefficient (Wildman–Crippen LogP) is 1.94. The van der Waals surface area contributed by atoms with Crippen LogP contribution in [0.15, 0.2) is 23.2 Å². The van der Waals surface area contributed by atoms with Gasteiger partial charge in [0.2, 0.25) is 0 Å². The van der Waals surface area contributed by atoms with Crippen molar-refractivity contribution < 1.29 is 19.0 Å². The van der Waals surface area contributed by atoms with Gasteiger partial charge in [0.15, 0.2) is 5.96 Å². The van der Waals surface area contributed by atoms with E-state index in [1.807, 2.05) is 25.1 Å². The molecule has 1 rings (SSSR count). The maximum Gasteiger partial charge on any atom is 0.307 e. The average Bonchev–Trinajstić information content (AvgIpc) is 2.59.